The Bertz CT molecular complexity index is 513. The van der Waals surface area contributed by atoms with E-state index in [4.69, 9.17) is 16.7 Å². The summed E-state index contributed by atoms with van der Waals surface area (Å²) in [6.07, 6.45) is 5.76. The fourth-order valence-corrected chi connectivity index (χ4v) is 2.89. The first-order chi connectivity index (χ1) is 9.51. The van der Waals surface area contributed by atoms with Crippen LogP contribution in [0.15, 0.2) is 18.3 Å². The van der Waals surface area contributed by atoms with Crippen LogP contribution in [-0.2, 0) is 4.79 Å². The maximum Gasteiger partial charge on any atom is 0.305 e. The van der Waals surface area contributed by atoms with Crippen molar-refractivity contribution < 1.29 is 14.7 Å². The van der Waals surface area contributed by atoms with Crippen LogP contribution < -0.4 is 5.32 Å². The number of halogens is 1. The van der Waals surface area contributed by atoms with E-state index in [1.807, 2.05) is 0 Å². The number of aromatic nitrogens is 1. The van der Waals surface area contributed by atoms with Crippen LogP contribution in [0.4, 0.5) is 0 Å². The molecule has 1 aromatic rings. The Morgan fingerprint density at radius 1 is 1.35 bits per heavy atom. The molecule has 0 aromatic carbocycles. The quantitative estimate of drug-likeness (QED) is 0.837. The number of carboxylic acids is 1. The number of carbonyl (C=O) groups excluding carboxylic acids is 1. The molecule has 0 spiro atoms. The Kier molecular flexibility index (Phi) is 4.60. The van der Waals surface area contributed by atoms with Crippen molar-refractivity contribution in [3.05, 3.63) is 29.0 Å². The molecular formula is C14H17ClN2O3. The van der Waals surface area contributed by atoms with Crippen molar-refractivity contribution in [1.29, 1.82) is 0 Å². The van der Waals surface area contributed by atoms with E-state index in [-0.39, 0.29) is 17.5 Å². The SMILES string of the molecule is O=C(O)CC1(NC(=O)c2ccnc(Cl)c2)CCCCC1. The Morgan fingerprint density at radius 3 is 2.65 bits per heavy atom. The zero-order chi connectivity index (χ0) is 14.6. The van der Waals surface area contributed by atoms with E-state index in [2.05, 4.69) is 10.3 Å². The zero-order valence-electron chi connectivity index (χ0n) is 11.1. The van der Waals surface area contributed by atoms with Crippen LogP contribution in [0, 0.1) is 0 Å². The molecule has 1 saturated carbocycles. The molecule has 1 amide bonds. The van der Waals surface area contributed by atoms with Crippen LogP contribution in [0.5, 0.6) is 0 Å². The molecule has 20 heavy (non-hydrogen) atoms. The van der Waals surface area contributed by atoms with Crippen LogP contribution in [0.1, 0.15) is 48.9 Å². The number of pyridine rings is 1. The Labute approximate surface area is 122 Å². The maximum atomic E-state index is 12.3. The highest BCUT2D eigenvalue weighted by atomic mass is 35.5. The predicted octanol–water partition coefficient (Wildman–Crippen LogP) is 2.64. The predicted molar refractivity (Wildman–Crippen MR) is 74.8 cm³/mol. The van der Waals surface area contributed by atoms with Crippen molar-refractivity contribution in [3.8, 4) is 0 Å². The van der Waals surface area contributed by atoms with Gasteiger partial charge in [-0.05, 0) is 25.0 Å². The molecule has 1 aliphatic carbocycles. The van der Waals surface area contributed by atoms with Crippen LogP contribution >= 0.6 is 11.6 Å². The van der Waals surface area contributed by atoms with Crippen molar-refractivity contribution in [3.63, 3.8) is 0 Å². The maximum absolute atomic E-state index is 12.3. The first-order valence-electron chi connectivity index (χ1n) is 6.67. The Balaban J connectivity index is 2.15. The number of carboxylic acid groups (broad SMARTS) is 1. The number of hydrogen-bond donors (Lipinski definition) is 2. The number of hydrogen-bond acceptors (Lipinski definition) is 3. The van der Waals surface area contributed by atoms with Gasteiger partial charge in [-0.25, -0.2) is 4.98 Å². The van der Waals surface area contributed by atoms with E-state index in [0.29, 0.717) is 18.4 Å². The van der Waals surface area contributed by atoms with E-state index < -0.39 is 11.5 Å². The molecule has 108 valence electrons. The van der Waals surface area contributed by atoms with E-state index >= 15 is 0 Å². The van der Waals surface area contributed by atoms with Crippen molar-refractivity contribution in [1.82, 2.24) is 10.3 Å². The lowest BCUT2D eigenvalue weighted by Crippen LogP contribution is -2.51. The molecule has 5 nitrogen and oxygen atoms in total. The molecule has 2 rings (SSSR count). The lowest BCUT2D eigenvalue weighted by atomic mass is 9.79. The first kappa shape index (κ1) is 14.8. The molecule has 0 unspecified atom stereocenters. The molecule has 0 atom stereocenters. The Morgan fingerprint density at radius 2 is 2.05 bits per heavy atom. The number of carbonyl (C=O) groups is 2. The van der Waals surface area contributed by atoms with Gasteiger partial charge in [0.25, 0.3) is 5.91 Å². The second kappa shape index (κ2) is 6.22. The molecule has 2 N–H and O–H groups in total. The summed E-state index contributed by atoms with van der Waals surface area (Å²) in [5, 5.41) is 12.2. The number of amides is 1. The first-order valence-corrected chi connectivity index (χ1v) is 7.04. The third-order valence-corrected chi connectivity index (χ3v) is 3.87. The minimum atomic E-state index is -0.889. The molecule has 1 aliphatic rings. The topological polar surface area (TPSA) is 79.3 Å². The summed E-state index contributed by atoms with van der Waals surface area (Å²) in [7, 11) is 0. The van der Waals surface area contributed by atoms with Gasteiger partial charge < -0.3 is 10.4 Å². The molecule has 0 saturated heterocycles. The third kappa shape index (κ3) is 3.70. The highest BCUT2D eigenvalue weighted by molar-refractivity contribution is 6.29. The van der Waals surface area contributed by atoms with Gasteiger partial charge in [-0.2, -0.15) is 0 Å². The lowest BCUT2D eigenvalue weighted by Gasteiger charge is -2.37. The smallest absolute Gasteiger partial charge is 0.305 e. The van der Waals surface area contributed by atoms with Gasteiger partial charge in [0.1, 0.15) is 5.15 Å². The van der Waals surface area contributed by atoms with Gasteiger partial charge in [0.2, 0.25) is 0 Å². The van der Waals surface area contributed by atoms with E-state index in [9.17, 15) is 9.59 Å². The summed E-state index contributed by atoms with van der Waals surface area (Å²) in [6.45, 7) is 0. The number of aliphatic carboxylic acids is 1. The second-order valence-corrected chi connectivity index (χ2v) is 5.62. The fourth-order valence-electron chi connectivity index (χ4n) is 2.72. The van der Waals surface area contributed by atoms with Gasteiger partial charge >= 0.3 is 5.97 Å². The minimum Gasteiger partial charge on any atom is -0.481 e. The van der Waals surface area contributed by atoms with Gasteiger partial charge in [-0.15, -0.1) is 0 Å². The van der Waals surface area contributed by atoms with Crippen LogP contribution in [-0.4, -0.2) is 27.5 Å². The molecule has 1 heterocycles. The zero-order valence-corrected chi connectivity index (χ0v) is 11.8. The lowest BCUT2D eigenvalue weighted by molar-refractivity contribution is -0.139. The summed E-state index contributed by atoms with van der Waals surface area (Å²) in [5.74, 6) is -1.18. The van der Waals surface area contributed by atoms with Gasteiger partial charge in [0.15, 0.2) is 0 Å². The summed E-state index contributed by atoms with van der Waals surface area (Å²) in [5.41, 5.74) is -0.239. The molecule has 6 heteroatoms. The number of nitrogens with one attached hydrogen (secondary N) is 1. The van der Waals surface area contributed by atoms with Gasteiger partial charge in [0, 0.05) is 11.8 Å². The summed E-state index contributed by atoms with van der Waals surface area (Å²) < 4.78 is 0. The van der Waals surface area contributed by atoms with Crippen molar-refractivity contribution >= 4 is 23.5 Å². The van der Waals surface area contributed by atoms with E-state index in [1.165, 1.54) is 12.3 Å². The normalized spacial score (nSPS) is 17.4. The summed E-state index contributed by atoms with van der Waals surface area (Å²) >= 11 is 5.77. The molecule has 0 aliphatic heterocycles. The Hall–Kier alpha value is -1.62. The van der Waals surface area contributed by atoms with Gasteiger partial charge in [-0.3, -0.25) is 9.59 Å². The molecule has 1 fully saturated rings. The molecule has 0 bridgehead atoms. The molecule has 0 radical (unpaired) electrons. The van der Waals surface area contributed by atoms with Crippen molar-refractivity contribution in [2.24, 2.45) is 0 Å². The third-order valence-electron chi connectivity index (χ3n) is 3.67. The summed E-state index contributed by atoms with van der Waals surface area (Å²) in [4.78, 5) is 27.1. The van der Waals surface area contributed by atoms with Gasteiger partial charge in [0.05, 0.1) is 12.0 Å². The van der Waals surface area contributed by atoms with Crippen molar-refractivity contribution in [2.75, 3.05) is 0 Å². The van der Waals surface area contributed by atoms with E-state index in [0.717, 1.165) is 19.3 Å². The average molecular weight is 297 g/mol. The largest absolute Gasteiger partial charge is 0.481 e. The highest BCUT2D eigenvalue weighted by Gasteiger charge is 2.36. The fraction of sp³-hybridized carbons (Fsp3) is 0.500. The highest BCUT2D eigenvalue weighted by Crippen LogP contribution is 2.31. The average Bonchev–Trinajstić information content (AvgIpc) is 2.38. The molecule has 1 aromatic heterocycles. The van der Waals surface area contributed by atoms with Crippen LogP contribution in [0.2, 0.25) is 5.15 Å². The standard InChI is InChI=1S/C14H17ClN2O3/c15-11-8-10(4-7-16-11)13(20)17-14(9-12(18)19)5-2-1-3-6-14/h4,7-8H,1-3,5-6,9H2,(H,17,20)(H,18,19). The monoisotopic (exact) mass is 296 g/mol. The minimum absolute atomic E-state index is 0.0441. The summed E-state index contributed by atoms with van der Waals surface area (Å²) in [6, 6.07) is 3.05. The van der Waals surface area contributed by atoms with Crippen LogP contribution in [0.25, 0.3) is 0 Å². The van der Waals surface area contributed by atoms with Gasteiger partial charge in [-0.1, -0.05) is 30.9 Å². The van der Waals surface area contributed by atoms with Crippen LogP contribution in [0.3, 0.4) is 0 Å². The molecular weight excluding hydrogens is 280 g/mol. The van der Waals surface area contributed by atoms with E-state index in [1.54, 1.807) is 6.07 Å². The number of nitrogens with zero attached hydrogens (tertiary/aromatic N) is 1. The number of rotatable bonds is 4. The van der Waals surface area contributed by atoms with Crippen molar-refractivity contribution in [2.45, 2.75) is 44.1 Å². The second-order valence-electron chi connectivity index (χ2n) is 5.23.